The van der Waals surface area contributed by atoms with Crippen LogP contribution in [0.3, 0.4) is 0 Å². The molecule has 0 spiro atoms. The quantitative estimate of drug-likeness (QED) is 0.764. The molecule has 0 aliphatic carbocycles. The van der Waals surface area contributed by atoms with E-state index in [-0.39, 0.29) is 18.4 Å². The molecule has 21 heavy (non-hydrogen) atoms. The zero-order valence-corrected chi connectivity index (χ0v) is 12.3. The highest BCUT2D eigenvalue weighted by molar-refractivity contribution is 6.32. The molecule has 2 aliphatic rings. The van der Waals surface area contributed by atoms with E-state index in [9.17, 15) is 4.79 Å². The van der Waals surface area contributed by atoms with Crippen molar-refractivity contribution in [3.8, 4) is 11.5 Å². The van der Waals surface area contributed by atoms with E-state index in [1.165, 1.54) is 0 Å². The third kappa shape index (κ3) is 3.58. The van der Waals surface area contributed by atoms with Crippen LogP contribution in [-0.2, 0) is 11.2 Å². The average molecular weight is 312 g/mol. The summed E-state index contributed by atoms with van der Waals surface area (Å²) in [6.07, 6.45) is 1.09. The Morgan fingerprint density at radius 1 is 1.29 bits per heavy atom. The smallest absolute Gasteiger partial charge is 0.224 e. The number of ether oxygens (including phenoxy) is 2. The molecule has 0 unspecified atom stereocenters. The number of fused-ring (bicyclic) bond motifs is 1. The van der Waals surface area contributed by atoms with Crippen molar-refractivity contribution in [1.29, 1.82) is 0 Å². The number of hydrogen-bond donors (Lipinski definition) is 3. The van der Waals surface area contributed by atoms with Crippen molar-refractivity contribution >= 4 is 17.5 Å². The molecule has 1 fully saturated rings. The van der Waals surface area contributed by atoms with E-state index >= 15 is 0 Å². The fraction of sp³-hybridized carbons (Fsp3) is 0.500. The molecular weight excluding hydrogens is 294 g/mol. The molecule has 0 aromatic heterocycles. The van der Waals surface area contributed by atoms with E-state index in [1.807, 2.05) is 6.07 Å². The average Bonchev–Trinajstić information content (AvgIpc) is 2.82. The Bertz CT molecular complexity index is 532. The van der Waals surface area contributed by atoms with Gasteiger partial charge in [-0.2, -0.15) is 0 Å². The lowest BCUT2D eigenvalue weighted by Crippen LogP contribution is -2.39. The first-order valence-corrected chi connectivity index (χ1v) is 7.43. The van der Waals surface area contributed by atoms with Gasteiger partial charge in [-0.3, -0.25) is 15.6 Å². The highest BCUT2D eigenvalue weighted by atomic mass is 35.5. The first-order chi connectivity index (χ1) is 10.2. The molecule has 7 heteroatoms. The van der Waals surface area contributed by atoms with Crippen molar-refractivity contribution in [3.05, 3.63) is 22.7 Å². The number of hydrogen-bond acceptors (Lipinski definition) is 5. The minimum Gasteiger partial charge on any atom is -0.489 e. The minimum atomic E-state index is -0.0314. The van der Waals surface area contributed by atoms with Gasteiger partial charge in [-0.1, -0.05) is 11.6 Å². The van der Waals surface area contributed by atoms with Gasteiger partial charge in [0, 0.05) is 19.5 Å². The van der Waals surface area contributed by atoms with Gasteiger partial charge in [-0.25, -0.2) is 0 Å². The lowest BCUT2D eigenvalue weighted by atomic mass is 10.1. The van der Waals surface area contributed by atoms with Crippen LogP contribution in [0.15, 0.2) is 12.1 Å². The SMILES string of the molecule is O=C(Cc1cc(Cl)c2c(c1)OCCCO2)NC1CNNC1. The molecule has 2 aliphatic heterocycles. The Morgan fingerprint density at radius 3 is 2.86 bits per heavy atom. The second kappa shape index (κ2) is 6.51. The van der Waals surface area contributed by atoms with Gasteiger partial charge in [-0.15, -0.1) is 0 Å². The summed E-state index contributed by atoms with van der Waals surface area (Å²) in [5.41, 5.74) is 6.77. The first-order valence-electron chi connectivity index (χ1n) is 7.05. The minimum absolute atomic E-state index is 0.0314. The summed E-state index contributed by atoms with van der Waals surface area (Å²) >= 11 is 6.22. The van der Waals surface area contributed by atoms with E-state index in [0.717, 1.165) is 25.1 Å². The maximum atomic E-state index is 12.0. The number of nitrogens with one attached hydrogen (secondary N) is 3. The predicted octanol–water partition coefficient (Wildman–Crippen LogP) is 0.636. The lowest BCUT2D eigenvalue weighted by molar-refractivity contribution is -0.120. The molecule has 0 bridgehead atoms. The van der Waals surface area contributed by atoms with Crippen LogP contribution < -0.4 is 25.6 Å². The monoisotopic (exact) mass is 311 g/mol. The summed E-state index contributed by atoms with van der Waals surface area (Å²) in [5, 5.41) is 3.45. The fourth-order valence-corrected chi connectivity index (χ4v) is 2.70. The zero-order valence-electron chi connectivity index (χ0n) is 11.6. The molecule has 1 aromatic rings. The summed E-state index contributed by atoms with van der Waals surface area (Å²) in [7, 11) is 0. The summed E-state index contributed by atoms with van der Waals surface area (Å²) in [4.78, 5) is 12.0. The molecule has 3 rings (SSSR count). The zero-order chi connectivity index (χ0) is 14.7. The number of carbonyl (C=O) groups is 1. The van der Waals surface area contributed by atoms with Crippen molar-refractivity contribution in [2.24, 2.45) is 0 Å². The van der Waals surface area contributed by atoms with Crippen LogP contribution in [0.25, 0.3) is 0 Å². The van der Waals surface area contributed by atoms with Crippen LogP contribution in [0.4, 0.5) is 0 Å². The number of carbonyl (C=O) groups excluding carboxylic acids is 1. The molecule has 1 saturated heterocycles. The van der Waals surface area contributed by atoms with Gasteiger partial charge >= 0.3 is 0 Å². The van der Waals surface area contributed by atoms with E-state index < -0.39 is 0 Å². The van der Waals surface area contributed by atoms with Crippen LogP contribution in [0.1, 0.15) is 12.0 Å². The van der Waals surface area contributed by atoms with Gasteiger partial charge in [-0.05, 0) is 17.7 Å². The first kappa shape index (κ1) is 14.4. The van der Waals surface area contributed by atoms with Crippen LogP contribution in [0.5, 0.6) is 11.5 Å². The topological polar surface area (TPSA) is 71.6 Å². The molecule has 6 nitrogen and oxygen atoms in total. The Hall–Kier alpha value is -1.50. The van der Waals surface area contributed by atoms with E-state index in [0.29, 0.717) is 29.7 Å². The number of amides is 1. The number of rotatable bonds is 3. The fourth-order valence-electron chi connectivity index (χ4n) is 2.42. The van der Waals surface area contributed by atoms with Crippen molar-refractivity contribution in [3.63, 3.8) is 0 Å². The van der Waals surface area contributed by atoms with Gasteiger partial charge in [0.15, 0.2) is 11.5 Å². The largest absolute Gasteiger partial charge is 0.489 e. The normalized spacial score (nSPS) is 18.3. The molecule has 114 valence electrons. The van der Waals surface area contributed by atoms with Gasteiger partial charge in [0.25, 0.3) is 0 Å². The molecule has 3 N–H and O–H groups in total. The molecule has 0 radical (unpaired) electrons. The van der Waals surface area contributed by atoms with Gasteiger partial charge < -0.3 is 14.8 Å². The molecule has 2 heterocycles. The summed E-state index contributed by atoms with van der Waals surface area (Å²) in [6.45, 7) is 2.65. The van der Waals surface area contributed by atoms with Crippen molar-refractivity contribution in [2.45, 2.75) is 18.9 Å². The molecular formula is C14H18ClN3O3. The van der Waals surface area contributed by atoms with Crippen molar-refractivity contribution in [2.75, 3.05) is 26.3 Å². The van der Waals surface area contributed by atoms with E-state index in [1.54, 1.807) is 6.07 Å². The second-order valence-corrected chi connectivity index (χ2v) is 5.57. The van der Waals surface area contributed by atoms with Gasteiger partial charge in [0.2, 0.25) is 5.91 Å². The maximum Gasteiger partial charge on any atom is 0.224 e. The van der Waals surface area contributed by atoms with E-state index in [2.05, 4.69) is 16.2 Å². The van der Waals surface area contributed by atoms with E-state index in [4.69, 9.17) is 21.1 Å². The summed E-state index contributed by atoms with van der Waals surface area (Å²) in [5.74, 6) is 1.16. The lowest BCUT2D eigenvalue weighted by Gasteiger charge is -2.13. The molecule has 0 atom stereocenters. The number of hydrazine groups is 1. The standard InChI is InChI=1S/C14H18ClN3O3/c15-11-4-9(5-12-14(11)21-3-1-2-20-12)6-13(19)18-10-7-16-17-8-10/h4-5,10,16-17H,1-3,6-8H2,(H,18,19). The number of benzene rings is 1. The highest BCUT2D eigenvalue weighted by Crippen LogP contribution is 2.38. The molecule has 1 amide bonds. The summed E-state index contributed by atoms with van der Waals surface area (Å²) < 4.78 is 11.2. The predicted molar refractivity (Wildman–Crippen MR) is 78.7 cm³/mol. The van der Waals surface area contributed by atoms with Gasteiger partial charge in [0.05, 0.1) is 30.7 Å². The summed E-state index contributed by atoms with van der Waals surface area (Å²) in [6, 6.07) is 3.71. The Morgan fingerprint density at radius 2 is 2.05 bits per heavy atom. The van der Waals surface area contributed by atoms with Crippen molar-refractivity contribution < 1.29 is 14.3 Å². The maximum absolute atomic E-state index is 12.0. The third-order valence-electron chi connectivity index (χ3n) is 3.41. The Balaban J connectivity index is 1.69. The number of halogens is 1. The van der Waals surface area contributed by atoms with Gasteiger partial charge in [0.1, 0.15) is 0 Å². The van der Waals surface area contributed by atoms with Crippen LogP contribution in [-0.4, -0.2) is 38.3 Å². The Kier molecular flexibility index (Phi) is 4.48. The molecule has 0 saturated carbocycles. The van der Waals surface area contributed by atoms with Crippen molar-refractivity contribution in [1.82, 2.24) is 16.2 Å². The highest BCUT2D eigenvalue weighted by Gasteiger charge is 2.19. The van der Waals surface area contributed by atoms with Crippen LogP contribution >= 0.6 is 11.6 Å². The van der Waals surface area contributed by atoms with Crippen LogP contribution in [0.2, 0.25) is 5.02 Å². The molecule has 1 aromatic carbocycles. The van der Waals surface area contributed by atoms with Crippen LogP contribution in [0, 0.1) is 0 Å². The second-order valence-electron chi connectivity index (χ2n) is 5.16. The Labute approximate surface area is 128 Å². The third-order valence-corrected chi connectivity index (χ3v) is 3.69.